The molecule has 0 fully saturated rings. The van der Waals surface area contributed by atoms with Crippen molar-refractivity contribution in [3.63, 3.8) is 0 Å². The maximum Gasteiger partial charge on any atom is 0.352 e. The molecule has 0 saturated heterocycles. The molecule has 0 aromatic carbocycles. The first-order chi connectivity index (χ1) is 6.43. The highest BCUT2D eigenvalue weighted by Gasteiger charge is 2.17. The lowest BCUT2D eigenvalue weighted by Gasteiger charge is -2.09. The Kier molecular flexibility index (Phi) is 2.93. The van der Waals surface area contributed by atoms with E-state index >= 15 is 0 Å². The smallest absolute Gasteiger partial charge is 0.352 e. The molecular formula is C10H14FNO2. The van der Waals surface area contributed by atoms with Crippen LogP contribution in [0.5, 0.6) is 0 Å². The molecule has 0 bridgehead atoms. The number of aryl methyl sites for hydroxylation is 2. The summed E-state index contributed by atoms with van der Waals surface area (Å²) in [6.07, 6.45) is -1.04. The molecule has 0 aliphatic rings. The Balaban J connectivity index is 3.18. The van der Waals surface area contributed by atoms with Crippen LogP contribution in [0.25, 0.3) is 0 Å². The third-order valence-electron chi connectivity index (χ3n) is 2.13. The van der Waals surface area contributed by atoms with Crippen molar-refractivity contribution in [1.29, 1.82) is 0 Å². The number of hydrogen-bond donors (Lipinski definition) is 1. The lowest BCUT2D eigenvalue weighted by atomic mass is 10.2. The largest absolute Gasteiger partial charge is 0.477 e. The van der Waals surface area contributed by atoms with Crippen molar-refractivity contribution in [2.24, 2.45) is 0 Å². The highest BCUT2D eigenvalue weighted by atomic mass is 19.1. The van der Waals surface area contributed by atoms with Gasteiger partial charge in [-0.15, -0.1) is 0 Å². The Morgan fingerprint density at radius 1 is 1.64 bits per heavy atom. The van der Waals surface area contributed by atoms with Gasteiger partial charge >= 0.3 is 5.97 Å². The zero-order chi connectivity index (χ0) is 10.9. The number of aromatic nitrogens is 1. The average molecular weight is 199 g/mol. The minimum absolute atomic E-state index is 0.0985. The van der Waals surface area contributed by atoms with Gasteiger partial charge in [-0.3, -0.25) is 0 Å². The summed E-state index contributed by atoms with van der Waals surface area (Å²) in [5, 5.41) is 8.93. The van der Waals surface area contributed by atoms with Gasteiger partial charge in [0.2, 0.25) is 0 Å². The average Bonchev–Trinajstić information content (AvgIpc) is 2.25. The summed E-state index contributed by atoms with van der Waals surface area (Å²) in [4.78, 5) is 10.9. The molecule has 0 spiro atoms. The number of alkyl halides is 1. The van der Waals surface area contributed by atoms with Crippen LogP contribution in [0.4, 0.5) is 4.39 Å². The lowest BCUT2D eigenvalue weighted by molar-refractivity contribution is 0.0682. The third kappa shape index (κ3) is 1.95. The molecule has 0 aliphatic heterocycles. The first-order valence-electron chi connectivity index (χ1n) is 4.47. The molecule has 14 heavy (non-hydrogen) atoms. The van der Waals surface area contributed by atoms with Gasteiger partial charge in [-0.25, -0.2) is 9.18 Å². The molecule has 1 aromatic heterocycles. The lowest BCUT2D eigenvalue weighted by Crippen LogP contribution is -2.15. The van der Waals surface area contributed by atoms with Gasteiger partial charge in [-0.2, -0.15) is 0 Å². The first kappa shape index (κ1) is 10.8. The van der Waals surface area contributed by atoms with Crippen LogP contribution in [0.3, 0.4) is 0 Å². The SMILES string of the molecule is Cc1cc(C)n(CC(C)F)c1C(=O)O. The zero-order valence-electron chi connectivity index (χ0n) is 8.54. The minimum atomic E-state index is -1.04. The van der Waals surface area contributed by atoms with E-state index in [2.05, 4.69) is 0 Å². The van der Waals surface area contributed by atoms with Crippen LogP contribution in [-0.2, 0) is 6.54 Å². The van der Waals surface area contributed by atoms with Crippen molar-refractivity contribution in [3.8, 4) is 0 Å². The van der Waals surface area contributed by atoms with Crippen molar-refractivity contribution in [1.82, 2.24) is 4.57 Å². The second kappa shape index (κ2) is 3.82. The molecule has 1 atom stereocenters. The molecule has 1 N–H and O–H groups in total. The van der Waals surface area contributed by atoms with Crippen LogP contribution < -0.4 is 0 Å². The normalized spacial score (nSPS) is 12.9. The summed E-state index contributed by atoms with van der Waals surface area (Å²) in [6, 6.07) is 1.76. The molecule has 0 amide bonds. The third-order valence-corrected chi connectivity index (χ3v) is 2.13. The van der Waals surface area contributed by atoms with Gasteiger partial charge in [0.15, 0.2) is 0 Å². The van der Waals surface area contributed by atoms with Gasteiger partial charge < -0.3 is 9.67 Å². The summed E-state index contributed by atoms with van der Waals surface area (Å²) < 4.78 is 14.3. The topological polar surface area (TPSA) is 42.2 Å². The monoisotopic (exact) mass is 199 g/mol. The number of hydrogen-bond acceptors (Lipinski definition) is 1. The molecule has 1 unspecified atom stereocenters. The number of carboxylic acid groups (broad SMARTS) is 1. The standard InChI is InChI=1S/C10H14FNO2/c1-6-4-8(3)12(5-7(2)11)9(6)10(13)14/h4,7H,5H2,1-3H3,(H,13,14). The van der Waals surface area contributed by atoms with Crippen molar-refractivity contribution in [2.45, 2.75) is 33.5 Å². The summed E-state index contributed by atoms with van der Waals surface area (Å²) in [5.74, 6) is -1.00. The molecule has 0 aliphatic carbocycles. The van der Waals surface area contributed by atoms with Crippen LogP contribution in [-0.4, -0.2) is 21.8 Å². The summed E-state index contributed by atoms with van der Waals surface area (Å²) in [6.45, 7) is 5.01. The second-order valence-electron chi connectivity index (χ2n) is 3.51. The van der Waals surface area contributed by atoms with E-state index in [4.69, 9.17) is 5.11 Å². The Bertz CT molecular complexity index is 355. The van der Waals surface area contributed by atoms with Crippen LogP contribution in [0, 0.1) is 13.8 Å². The Hall–Kier alpha value is -1.32. The van der Waals surface area contributed by atoms with Gasteiger partial charge in [0.1, 0.15) is 11.9 Å². The van der Waals surface area contributed by atoms with Crippen LogP contribution in [0.2, 0.25) is 0 Å². The van der Waals surface area contributed by atoms with E-state index < -0.39 is 12.1 Å². The number of rotatable bonds is 3. The predicted octanol–water partition coefficient (Wildman–Crippen LogP) is 2.16. The molecule has 1 aromatic rings. The Morgan fingerprint density at radius 2 is 2.21 bits per heavy atom. The molecular weight excluding hydrogens is 185 g/mol. The van der Waals surface area contributed by atoms with Gasteiger partial charge in [0.05, 0.1) is 6.54 Å². The summed E-state index contributed by atoms with van der Waals surface area (Å²) in [7, 11) is 0. The van der Waals surface area contributed by atoms with E-state index in [0.29, 0.717) is 5.56 Å². The molecule has 4 heteroatoms. The second-order valence-corrected chi connectivity index (χ2v) is 3.51. The predicted molar refractivity (Wildman–Crippen MR) is 51.4 cm³/mol. The Morgan fingerprint density at radius 3 is 2.64 bits per heavy atom. The van der Waals surface area contributed by atoms with E-state index in [-0.39, 0.29) is 12.2 Å². The molecule has 3 nitrogen and oxygen atoms in total. The fraction of sp³-hybridized carbons (Fsp3) is 0.500. The molecule has 78 valence electrons. The minimum Gasteiger partial charge on any atom is -0.477 e. The maximum absolute atomic E-state index is 12.8. The Labute approximate surface area is 82.2 Å². The van der Waals surface area contributed by atoms with Crippen LogP contribution in [0.15, 0.2) is 6.07 Å². The van der Waals surface area contributed by atoms with Gasteiger partial charge in [0, 0.05) is 5.69 Å². The van der Waals surface area contributed by atoms with E-state index in [1.165, 1.54) is 11.5 Å². The quantitative estimate of drug-likeness (QED) is 0.810. The zero-order valence-corrected chi connectivity index (χ0v) is 8.54. The number of carbonyl (C=O) groups is 1. The summed E-state index contributed by atoms with van der Waals surface area (Å²) >= 11 is 0. The van der Waals surface area contributed by atoms with Crippen LogP contribution in [0.1, 0.15) is 28.7 Å². The van der Waals surface area contributed by atoms with Crippen molar-refractivity contribution in [3.05, 3.63) is 23.0 Å². The van der Waals surface area contributed by atoms with Gasteiger partial charge in [-0.1, -0.05) is 0 Å². The maximum atomic E-state index is 12.8. The van der Waals surface area contributed by atoms with Gasteiger partial charge in [-0.05, 0) is 32.4 Å². The number of aromatic carboxylic acids is 1. The van der Waals surface area contributed by atoms with E-state index in [1.54, 1.807) is 19.9 Å². The first-order valence-corrected chi connectivity index (χ1v) is 4.47. The molecule has 1 rings (SSSR count). The van der Waals surface area contributed by atoms with Crippen molar-refractivity contribution < 1.29 is 14.3 Å². The van der Waals surface area contributed by atoms with E-state index in [0.717, 1.165) is 5.69 Å². The number of halogens is 1. The van der Waals surface area contributed by atoms with Crippen molar-refractivity contribution in [2.75, 3.05) is 0 Å². The number of nitrogens with zero attached hydrogens (tertiary/aromatic N) is 1. The molecule has 1 heterocycles. The highest BCUT2D eigenvalue weighted by molar-refractivity contribution is 5.87. The summed E-state index contributed by atoms with van der Waals surface area (Å²) in [5.41, 5.74) is 1.65. The van der Waals surface area contributed by atoms with Crippen LogP contribution >= 0.6 is 0 Å². The molecule has 0 radical (unpaired) electrons. The fourth-order valence-corrected chi connectivity index (χ4v) is 1.62. The fourth-order valence-electron chi connectivity index (χ4n) is 1.62. The van der Waals surface area contributed by atoms with Gasteiger partial charge in [0.25, 0.3) is 0 Å². The van der Waals surface area contributed by atoms with Crippen molar-refractivity contribution >= 4 is 5.97 Å². The van der Waals surface area contributed by atoms with E-state index in [9.17, 15) is 9.18 Å². The highest BCUT2D eigenvalue weighted by Crippen LogP contribution is 2.16. The van der Waals surface area contributed by atoms with E-state index in [1.807, 2.05) is 0 Å². The number of carboxylic acids is 1. The molecule has 0 saturated carbocycles.